The molecule has 0 aliphatic carbocycles. The molecule has 3 aliphatic heterocycles. The number of hydrazine groups is 1. The highest BCUT2D eigenvalue weighted by molar-refractivity contribution is 6.01. The quantitative estimate of drug-likeness (QED) is 0.0758. The largest absolute Gasteiger partial charge is 0.432 e. The maximum atomic E-state index is 15.0. The predicted molar refractivity (Wildman–Crippen MR) is 219 cm³/mol. The number of likely N-dealkylation sites (tertiary alicyclic amines) is 1. The fraction of sp³-hybridized carbons (Fsp3) is 0.378. The Hall–Kier alpha value is -6.06. The van der Waals surface area contributed by atoms with Crippen molar-refractivity contribution in [2.24, 2.45) is 0 Å². The summed E-state index contributed by atoms with van der Waals surface area (Å²) in [6, 6.07) is 22.2. The fourth-order valence-electron chi connectivity index (χ4n) is 8.53. The van der Waals surface area contributed by atoms with E-state index in [0.717, 1.165) is 68.3 Å². The Morgan fingerprint density at radius 1 is 0.900 bits per heavy atom. The van der Waals surface area contributed by atoms with Crippen molar-refractivity contribution in [3.05, 3.63) is 131 Å². The maximum absolute atomic E-state index is 15.0. The predicted octanol–water partition coefficient (Wildman–Crippen LogP) is 6.61. The lowest BCUT2D eigenvalue weighted by molar-refractivity contribution is -0.133. The molecule has 0 bridgehead atoms. The summed E-state index contributed by atoms with van der Waals surface area (Å²) in [4.78, 5) is 57.1. The molecule has 2 aromatic heterocycles. The van der Waals surface area contributed by atoms with Gasteiger partial charge in [0.1, 0.15) is 17.7 Å². The highest BCUT2D eigenvalue weighted by atomic mass is 19.1. The third-order valence-corrected chi connectivity index (χ3v) is 11.8. The van der Waals surface area contributed by atoms with Crippen molar-refractivity contribution < 1.29 is 32.7 Å². The number of imide groups is 1. The first kappa shape index (κ1) is 40.7. The molecule has 3 aromatic carbocycles. The van der Waals surface area contributed by atoms with Crippen LogP contribution in [0.5, 0.6) is 0 Å². The SMILES string of the molecule is O=C1CCC(Nc2ccc(C3CCN(CCc4ccc(CCCN(C(=O)OC(=O)c5cc6ncccn6n5)N5CCC[C@@H]5c5cc(F)ccc5F)cc4)CC3)cc2)C(=O)N1. The van der Waals surface area contributed by atoms with E-state index in [0.29, 0.717) is 56.6 Å². The summed E-state index contributed by atoms with van der Waals surface area (Å²) >= 11 is 0. The van der Waals surface area contributed by atoms with Crippen LogP contribution in [0.2, 0.25) is 0 Å². The lowest BCUT2D eigenvalue weighted by Crippen LogP contribution is -2.47. The maximum Gasteiger partial charge on any atom is 0.432 e. The van der Waals surface area contributed by atoms with Crippen molar-refractivity contribution in [1.82, 2.24) is 34.8 Å². The van der Waals surface area contributed by atoms with Crippen molar-refractivity contribution >= 4 is 35.2 Å². The van der Waals surface area contributed by atoms with Gasteiger partial charge in [0, 0.05) is 55.8 Å². The molecule has 13 nitrogen and oxygen atoms in total. The molecule has 3 amide bonds. The van der Waals surface area contributed by atoms with E-state index < -0.39 is 35.8 Å². The van der Waals surface area contributed by atoms with Crippen LogP contribution in [0.3, 0.4) is 0 Å². The molecule has 2 N–H and O–H groups in total. The minimum Gasteiger partial charge on any atom is -0.374 e. The molecule has 0 spiro atoms. The smallest absolute Gasteiger partial charge is 0.374 e. The Morgan fingerprint density at radius 2 is 1.67 bits per heavy atom. The summed E-state index contributed by atoms with van der Waals surface area (Å²) in [7, 11) is 0. The highest BCUT2D eigenvalue weighted by Gasteiger charge is 2.37. The van der Waals surface area contributed by atoms with Gasteiger partial charge in [-0.2, -0.15) is 5.10 Å². The fourth-order valence-corrected chi connectivity index (χ4v) is 8.53. The number of nitrogens with zero attached hydrogens (tertiary/aromatic N) is 6. The molecule has 60 heavy (non-hydrogen) atoms. The van der Waals surface area contributed by atoms with Crippen LogP contribution in [0.15, 0.2) is 91.3 Å². The van der Waals surface area contributed by atoms with E-state index in [1.165, 1.54) is 26.7 Å². The summed E-state index contributed by atoms with van der Waals surface area (Å²) in [5.41, 5.74) is 5.00. The Kier molecular flexibility index (Phi) is 12.5. The molecular formula is C45H48F2N8O5. The molecule has 3 saturated heterocycles. The van der Waals surface area contributed by atoms with Crippen molar-refractivity contribution in [3.8, 4) is 0 Å². The number of amides is 3. The summed E-state index contributed by atoms with van der Waals surface area (Å²) in [6.07, 6.45) is 8.50. The first-order valence-corrected chi connectivity index (χ1v) is 20.7. The van der Waals surface area contributed by atoms with Gasteiger partial charge in [-0.1, -0.05) is 36.4 Å². The first-order valence-electron chi connectivity index (χ1n) is 20.7. The average molecular weight is 819 g/mol. The number of rotatable bonds is 13. The molecule has 1 unspecified atom stereocenters. The van der Waals surface area contributed by atoms with Gasteiger partial charge in [0.15, 0.2) is 11.3 Å². The Balaban J connectivity index is 0.828. The molecule has 15 heteroatoms. The minimum atomic E-state index is -0.934. The third kappa shape index (κ3) is 9.69. The molecular weight excluding hydrogens is 771 g/mol. The standard InChI is InChI=1S/C45H48F2N8O5/c46-34-12-15-37(47)36(28-34)40-5-2-23-54(40)55(45(59)60-44(58)39-29-41-48-21-3-22-53(41)51-39)24-1-4-30-6-8-31(9-7-30)18-25-52-26-19-33(20-27-52)32-10-13-35(14-11-32)49-38-16-17-42(56)50-43(38)57/h3,6-15,21-22,28-29,33,38,40,49H,1-2,4-5,16-20,23-27H2,(H,50,56,57)/t38?,40-/m1/s1. The first-order chi connectivity index (χ1) is 29.2. The topological polar surface area (TPSA) is 141 Å². The number of esters is 1. The van der Waals surface area contributed by atoms with Gasteiger partial charge in [-0.25, -0.2) is 37.9 Å². The van der Waals surface area contributed by atoms with Crippen molar-refractivity contribution in [3.63, 3.8) is 0 Å². The van der Waals surface area contributed by atoms with E-state index in [-0.39, 0.29) is 29.6 Å². The van der Waals surface area contributed by atoms with E-state index in [4.69, 9.17) is 4.74 Å². The highest BCUT2D eigenvalue weighted by Crippen LogP contribution is 2.36. The number of hydrogen-bond donors (Lipinski definition) is 2. The second-order valence-electron chi connectivity index (χ2n) is 15.8. The van der Waals surface area contributed by atoms with E-state index in [1.807, 2.05) is 12.1 Å². The summed E-state index contributed by atoms with van der Waals surface area (Å²) in [5, 5.41) is 12.8. The zero-order valence-corrected chi connectivity index (χ0v) is 33.3. The number of carbonyl (C=O) groups is 4. The number of piperidine rings is 2. The number of hydrogen-bond acceptors (Lipinski definition) is 10. The Labute approximate surface area is 346 Å². The Bertz CT molecular complexity index is 2300. The van der Waals surface area contributed by atoms with Crippen LogP contribution in [0.25, 0.3) is 5.65 Å². The van der Waals surface area contributed by atoms with Crippen LogP contribution in [0.1, 0.15) is 89.6 Å². The van der Waals surface area contributed by atoms with Gasteiger partial charge in [-0.05, 0) is 123 Å². The van der Waals surface area contributed by atoms with Gasteiger partial charge < -0.3 is 15.0 Å². The number of carbonyl (C=O) groups excluding carboxylic acids is 4. The number of ether oxygens (including phenoxy) is 1. The number of nitrogens with one attached hydrogen (secondary N) is 2. The molecule has 312 valence electrons. The zero-order chi connectivity index (χ0) is 41.6. The van der Waals surface area contributed by atoms with Gasteiger partial charge >= 0.3 is 12.1 Å². The number of anilines is 1. The molecule has 8 rings (SSSR count). The van der Waals surface area contributed by atoms with Crippen LogP contribution in [-0.4, -0.2) is 92.2 Å². The molecule has 2 atom stereocenters. The van der Waals surface area contributed by atoms with Crippen LogP contribution in [0, 0.1) is 11.6 Å². The summed E-state index contributed by atoms with van der Waals surface area (Å²) < 4.78 is 36.0. The van der Waals surface area contributed by atoms with Gasteiger partial charge in [-0.3, -0.25) is 14.9 Å². The van der Waals surface area contributed by atoms with Crippen LogP contribution in [-0.2, 0) is 27.2 Å². The molecule has 0 radical (unpaired) electrons. The minimum absolute atomic E-state index is 0.0778. The number of aromatic nitrogens is 3. The second-order valence-corrected chi connectivity index (χ2v) is 15.8. The lowest BCUT2D eigenvalue weighted by Gasteiger charge is -2.35. The normalized spacial score (nSPS) is 19.0. The molecule has 5 heterocycles. The van der Waals surface area contributed by atoms with Crippen LogP contribution < -0.4 is 10.6 Å². The average Bonchev–Trinajstić information content (AvgIpc) is 3.93. The summed E-state index contributed by atoms with van der Waals surface area (Å²) in [6.45, 7) is 3.58. The van der Waals surface area contributed by atoms with Crippen molar-refractivity contribution in [1.29, 1.82) is 0 Å². The van der Waals surface area contributed by atoms with E-state index in [9.17, 15) is 23.6 Å². The summed E-state index contributed by atoms with van der Waals surface area (Å²) in [5.74, 6) is -2.08. The molecule has 5 aromatic rings. The number of fused-ring (bicyclic) bond motifs is 1. The van der Waals surface area contributed by atoms with E-state index >= 15 is 4.39 Å². The zero-order valence-electron chi connectivity index (χ0n) is 33.3. The Morgan fingerprint density at radius 3 is 2.42 bits per heavy atom. The van der Waals surface area contributed by atoms with Gasteiger partial charge in [0.25, 0.3) is 0 Å². The number of benzene rings is 3. The van der Waals surface area contributed by atoms with Crippen LogP contribution >= 0.6 is 0 Å². The van der Waals surface area contributed by atoms with Crippen LogP contribution in [0.4, 0.5) is 19.3 Å². The lowest BCUT2D eigenvalue weighted by atomic mass is 9.89. The van der Waals surface area contributed by atoms with Crippen molar-refractivity contribution in [2.75, 3.05) is 38.0 Å². The molecule has 3 aliphatic rings. The van der Waals surface area contributed by atoms with E-state index in [2.05, 4.69) is 62.0 Å². The second kappa shape index (κ2) is 18.5. The molecule has 0 saturated carbocycles. The third-order valence-electron chi connectivity index (χ3n) is 11.8. The van der Waals surface area contributed by atoms with Crippen molar-refractivity contribution in [2.45, 2.75) is 75.8 Å². The van der Waals surface area contributed by atoms with E-state index in [1.54, 1.807) is 23.5 Å². The van der Waals surface area contributed by atoms with Gasteiger partial charge in [-0.15, -0.1) is 0 Å². The van der Waals surface area contributed by atoms with Gasteiger partial charge in [0.05, 0.1) is 6.04 Å². The van der Waals surface area contributed by atoms with Gasteiger partial charge in [0.2, 0.25) is 11.8 Å². The number of aryl methyl sites for hydroxylation is 1. The number of halogens is 2. The molecule has 3 fully saturated rings. The monoisotopic (exact) mass is 818 g/mol.